The normalized spacial score (nSPS) is 11.4. The highest BCUT2D eigenvalue weighted by atomic mass is 79.9. The highest BCUT2D eigenvalue weighted by Gasteiger charge is 2.20. The third-order valence-corrected chi connectivity index (χ3v) is 4.61. The number of nitrogen functional groups attached to an aromatic ring is 1. The standard InChI is InChI=1S/C12H11BrN2O2S/c13-11-10(14)7-6-9(12(11)18(15,16)17)8-4-2-1-3-5-8/h1-7H,14H2,(H2,15,16,17). The number of sulfonamides is 1. The zero-order valence-corrected chi connectivity index (χ0v) is 11.7. The summed E-state index contributed by atoms with van der Waals surface area (Å²) in [6.45, 7) is 0. The number of halogens is 1. The van der Waals surface area contributed by atoms with Crippen molar-refractivity contribution in [2.45, 2.75) is 4.90 Å². The van der Waals surface area contributed by atoms with E-state index in [-0.39, 0.29) is 4.90 Å². The van der Waals surface area contributed by atoms with Crippen molar-refractivity contribution in [3.8, 4) is 11.1 Å². The summed E-state index contributed by atoms with van der Waals surface area (Å²) in [6.07, 6.45) is 0. The van der Waals surface area contributed by atoms with E-state index in [1.807, 2.05) is 30.3 Å². The van der Waals surface area contributed by atoms with E-state index in [1.165, 1.54) is 0 Å². The van der Waals surface area contributed by atoms with Gasteiger partial charge in [0, 0.05) is 11.3 Å². The molecule has 0 aliphatic heterocycles. The maximum Gasteiger partial charge on any atom is 0.239 e. The lowest BCUT2D eigenvalue weighted by Gasteiger charge is -2.11. The molecule has 0 spiro atoms. The van der Waals surface area contributed by atoms with E-state index < -0.39 is 10.0 Å². The molecule has 0 fully saturated rings. The Kier molecular flexibility index (Phi) is 3.43. The fourth-order valence-electron chi connectivity index (χ4n) is 1.69. The number of hydrogen-bond acceptors (Lipinski definition) is 3. The maximum absolute atomic E-state index is 11.7. The summed E-state index contributed by atoms with van der Waals surface area (Å²) >= 11 is 3.18. The number of hydrogen-bond donors (Lipinski definition) is 2. The smallest absolute Gasteiger partial charge is 0.239 e. The third-order valence-electron chi connectivity index (χ3n) is 2.50. The molecule has 0 saturated carbocycles. The van der Waals surface area contributed by atoms with Gasteiger partial charge in [-0.2, -0.15) is 0 Å². The largest absolute Gasteiger partial charge is 0.398 e. The summed E-state index contributed by atoms with van der Waals surface area (Å²) in [5.74, 6) is 0. The van der Waals surface area contributed by atoms with Crippen LogP contribution in [-0.2, 0) is 10.0 Å². The zero-order chi connectivity index (χ0) is 13.3. The second-order valence-electron chi connectivity index (χ2n) is 3.76. The first kappa shape index (κ1) is 13.1. The first-order chi connectivity index (χ1) is 8.41. The maximum atomic E-state index is 11.7. The van der Waals surface area contributed by atoms with Crippen LogP contribution < -0.4 is 10.9 Å². The van der Waals surface area contributed by atoms with Gasteiger partial charge < -0.3 is 5.73 Å². The molecule has 0 amide bonds. The van der Waals surface area contributed by atoms with Crippen LogP contribution in [0.3, 0.4) is 0 Å². The molecule has 0 atom stereocenters. The van der Waals surface area contributed by atoms with E-state index in [0.717, 1.165) is 5.56 Å². The second kappa shape index (κ2) is 4.72. The molecule has 2 aromatic carbocycles. The van der Waals surface area contributed by atoms with E-state index in [9.17, 15) is 8.42 Å². The van der Waals surface area contributed by atoms with E-state index in [2.05, 4.69) is 15.9 Å². The monoisotopic (exact) mass is 326 g/mol. The quantitative estimate of drug-likeness (QED) is 0.830. The van der Waals surface area contributed by atoms with Gasteiger partial charge in [0.15, 0.2) is 0 Å². The number of benzene rings is 2. The Labute approximate surface area is 114 Å². The molecule has 0 bridgehead atoms. The summed E-state index contributed by atoms with van der Waals surface area (Å²) in [5.41, 5.74) is 7.32. The Morgan fingerprint density at radius 2 is 1.61 bits per heavy atom. The minimum atomic E-state index is -3.86. The van der Waals surface area contributed by atoms with Gasteiger partial charge in [-0.15, -0.1) is 0 Å². The number of nitrogens with two attached hydrogens (primary N) is 2. The average molecular weight is 327 g/mol. The lowest BCUT2D eigenvalue weighted by Crippen LogP contribution is -2.15. The van der Waals surface area contributed by atoms with Gasteiger partial charge in [-0.3, -0.25) is 0 Å². The van der Waals surface area contributed by atoms with Gasteiger partial charge in [-0.1, -0.05) is 36.4 Å². The summed E-state index contributed by atoms with van der Waals surface area (Å²) in [5, 5.41) is 5.25. The van der Waals surface area contributed by atoms with Gasteiger partial charge in [-0.25, -0.2) is 13.6 Å². The number of anilines is 1. The van der Waals surface area contributed by atoms with Crippen LogP contribution in [0.5, 0.6) is 0 Å². The lowest BCUT2D eigenvalue weighted by atomic mass is 10.1. The molecule has 4 N–H and O–H groups in total. The Hall–Kier alpha value is -1.37. The summed E-state index contributed by atoms with van der Waals surface area (Å²) in [4.78, 5) is 0.00806. The predicted molar refractivity (Wildman–Crippen MR) is 75.4 cm³/mol. The molecule has 0 aliphatic carbocycles. The molecular weight excluding hydrogens is 316 g/mol. The Bertz CT molecular complexity index is 685. The van der Waals surface area contributed by atoms with Crippen LogP contribution in [0.15, 0.2) is 51.8 Å². The van der Waals surface area contributed by atoms with E-state index in [4.69, 9.17) is 10.9 Å². The fraction of sp³-hybridized carbons (Fsp3) is 0. The van der Waals surface area contributed by atoms with Crippen LogP contribution in [0.25, 0.3) is 11.1 Å². The zero-order valence-electron chi connectivity index (χ0n) is 9.30. The number of primary sulfonamides is 1. The SMILES string of the molecule is Nc1ccc(-c2ccccc2)c(S(N)(=O)=O)c1Br. The predicted octanol–water partition coefficient (Wildman–Crippen LogP) is 2.35. The Morgan fingerprint density at radius 1 is 1.00 bits per heavy atom. The summed E-state index contributed by atoms with van der Waals surface area (Å²) in [6, 6.07) is 12.4. The molecule has 18 heavy (non-hydrogen) atoms. The molecule has 0 radical (unpaired) electrons. The van der Waals surface area contributed by atoms with Crippen molar-refractivity contribution in [1.29, 1.82) is 0 Å². The van der Waals surface area contributed by atoms with Crippen molar-refractivity contribution in [3.05, 3.63) is 46.9 Å². The third kappa shape index (κ3) is 2.40. The molecule has 0 heterocycles. The molecule has 2 aromatic rings. The molecular formula is C12H11BrN2O2S. The van der Waals surface area contributed by atoms with Crippen LogP contribution >= 0.6 is 15.9 Å². The van der Waals surface area contributed by atoms with Gasteiger partial charge in [0.05, 0.1) is 4.47 Å². The highest BCUT2D eigenvalue weighted by molar-refractivity contribution is 9.10. The molecule has 0 aliphatic rings. The minimum Gasteiger partial charge on any atom is -0.398 e. The van der Waals surface area contributed by atoms with Crippen molar-refractivity contribution >= 4 is 31.6 Å². The number of rotatable bonds is 2. The Balaban J connectivity index is 2.82. The lowest BCUT2D eigenvalue weighted by molar-refractivity contribution is 0.597. The van der Waals surface area contributed by atoms with Crippen LogP contribution in [-0.4, -0.2) is 8.42 Å². The molecule has 6 heteroatoms. The minimum absolute atomic E-state index is 0.00806. The molecule has 0 saturated heterocycles. The topological polar surface area (TPSA) is 86.2 Å². The fourth-order valence-corrected chi connectivity index (χ4v) is 3.58. The van der Waals surface area contributed by atoms with Crippen molar-refractivity contribution in [2.75, 3.05) is 5.73 Å². The first-order valence-electron chi connectivity index (χ1n) is 5.07. The van der Waals surface area contributed by atoms with E-state index in [1.54, 1.807) is 12.1 Å². The van der Waals surface area contributed by atoms with Crippen molar-refractivity contribution in [1.82, 2.24) is 0 Å². The van der Waals surface area contributed by atoms with Gasteiger partial charge >= 0.3 is 0 Å². The molecule has 0 unspecified atom stereocenters. The molecule has 2 rings (SSSR count). The Morgan fingerprint density at radius 3 is 2.17 bits per heavy atom. The van der Waals surface area contributed by atoms with E-state index >= 15 is 0 Å². The molecule has 0 aromatic heterocycles. The van der Waals surface area contributed by atoms with Gasteiger partial charge in [-0.05, 0) is 27.6 Å². The van der Waals surface area contributed by atoms with Gasteiger partial charge in [0.25, 0.3) is 0 Å². The van der Waals surface area contributed by atoms with Crippen LogP contribution in [0.4, 0.5) is 5.69 Å². The van der Waals surface area contributed by atoms with Crippen LogP contribution in [0, 0.1) is 0 Å². The highest BCUT2D eigenvalue weighted by Crippen LogP contribution is 2.35. The van der Waals surface area contributed by atoms with E-state index in [0.29, 0.717) is 15.7 Å². The average Bonchev–Trinajstić information content (AvgIpc) is 2.32. The van der Waals surface area contributed by atoms with Crippen molar-refractivity contribution in [2.24, 2.45) is 5.14 Å². The summed E-state index contributed by atoms with van der Waals surface area (Å²) in [7, 11) is -3.86. The van der Waals surface area contributed by atoms with Crippen molar-refractivity contribution < 1.29 is 8.42 Å². The molecule has 4 nitrogen and oxygen atoms in total. The van der Waals surface area contributed by atoms with Crippen LogP contribution in [0.1, 0.15) is 0 Å². The first-order valence-corrected chi connectivity index (χ1v) is 7.41. The van der Waals surface area contributed by atoms with Crippen LogP contribution in [0.2, 0.25) is 0 Å². The summed E-state index contributed by atoms with van der Waals surface area (Å²) < 4.78 is 23.7. The van der Waals surface area contributed by atoms with Crippen molar-refractivity contribution in [3.63, 3.8) is 0 Å². The molecule has 94 valence electrons. The van der Waals surface area contributed by atoms with Gasteiger partial charge in [0.2, 0.25) is 10.0 Å². The van der Waals surface area contributed by atoms with Gasteiger partial charge in [0.1, 0.15) is 4.90 Å². The second-order valence-corrected chi connectivity index (χ2v) is 6.05.